The first-order valence-electron chi connectivity index (χ1n) is 23.3. The van der Waals surface area contributed by atoms with Crippen molar-refractivity contribution >= 4 is 144 Å². The van der Waals surface area contributed by atoms with E-state index in [1.165, 1.54) is 46.4 Å². The van der Waals surface area contributed by atoms with Crippen molar-refractivity contribution in [2.75, 3.05) is 0 Å². The topological polar surface area (TPSA) is 38.0 Å². The van der Waals surface area contributed by atoms with Crippen LogP contribution < -0.4 is 0 Å². The number of rotatable bonds is 4. The summed E-state index contributed by atoms with van der Waals surface area (Å²) < 4.78 is 12.0. The van der Waals surface area contributed by atoms with Gasteiger partial charge in [-0.15, -0.1) is 34.0 Å². The van der Waals surface area contributed by atoms with E-state index in [-0.39, 0.29) is 0 Å². The van der Waals surface area contributed by atoms with Gasteiger partial charge in [0.15, 0.2) is 0 Å². The standard InChI is InChI=1S/C63H34N4S3/c1-35-16-15-24-48-52(35)46-33-32-45-40-23-11-14-27-51(40)70-63(45)59(46)66(48)56-47(34-64)53(36-17-5-3-6-18-36)55(65-2)60(54(56)37-19-7-4-8-20-37)67-57-41(28-30-43-38-21-9-12-25-49(38)68-61(43)57)42-29-31-44-39-22-10-13-26-50(39)69-62(44)58(42)67/h3-33H,1H3. The van der Waals surface area contributed by atoms with Gasteiger partial charge in [0.25, 0.3) is 0 Å². The molecule has 324 valence electrons. The van der Waals surface area contributed by atoms with Crippen LogP contribution in [0.3, 0.4) is 0 Å². The Morgan fingerprint density at radius 2 is 0.871 bits per heavy atom. The average Bonchev–Trinajstić information content (AvgIpc) is 4.23. The Kier molecular flexibility index (Phi) is 8.29. The molecule has 15 rings (SSSR count). The van der Waals surface area contributed by atoms with Gasteiger partial charge in [-0.1, -0.05) is 164 Å². The second kappa shape index (κ2) is 14.7. The van der Waals surface area contributed by atoms with Crippen LogP contribution in [0, 0.1) is 24.8 Å². The third-order valence-electron chi connectivity index (χ3n) is 14.5. The number of aromatic nitrogens is 2. The van der Waals surface area contributed by atoms with Crippen molar-refractivity contribution in [3.8, 4) is 39.7 Å². The molecule has 0 fully saturated rings. The average molecular weight is 943 g/mol. The highest BCUT2D eigenvalue weighted by molar-refractivity contribution is 7.27. The fourth-order valence-electron chi connectivity index (χ4n) is 11.6. The molecule has 0 atom stereocenters. The Hall–Kier alpha value is -8.56. The van der Waals surface area contributed by atoms with Crippen molar-refractivity contribution in [2.45, 2.75) is 6.92 Å². The van der Waals surface area contributed by atoms with Gasteiger partial charge in [-0.05, 0) is 47.9 Å². The first kappa shape index (κ1) is 39.4. The SMILES string of the molecule is [C-]#[N+]c1c(-c2ccccc2)c(C#N)c(-n2c3cccc(C)c3c3ccc4c5ccccc5sc4c32)c(-c2ccccc2)c1-n1c2c(ccc3c4ccccc4sc32)c2ccc3c4ccccc4sc3c21. The lowest BCUT2D eigenvalue weighted by molar-refractivity contribution is 1.14. The molecule has 0 aliphatic heterocycles. The zero-order valence-corrected chi connectivity index (χ0v) is 39.9. The molecular formula is C63H34N4S3. The van der Waals surface area contributed by atoms with Crippen LogP contribution in [0.4, 0.5) is 5.69 Å². The Morgan fingerprint density at radius 3 is 1.37 bits per heavy atom. The highest BCUT2D eigenvalue weighted by atomic mass is 32.1. The molecule has 70 heavy (non-hydrogen) atoms. The molecule has 0 radical (unpaired) electrons. The van der Waals surface area contributed by atoms with Crippen LogP contribution >= 0.6 is 34.0 Å². The number of nitrogens with zero attached hydrogens (tertiary/aromatic N) is 4. The Balaban J connectivity index is 1.27. The van der Waals surface area contributed by atoms with E-state index in [0.717, 1.165) is 91.3 Å². The van der Waals surface area contributed by atoms with Crippen LogP contribution in [0.15, 0.2) is 188 Å². The van der Waals surface area contributed by atoms with Gasteiger partial charge in [-0.25, -0.2) is 4.85 Å². The maximum atomic E-state index is 12.1. The molecule has 0 aliphatic carbocycles. The van der Waals surface area contributed by atoms with Gasteiger partial charge in [-0.2, -0.15) is 5.26 Å². The fourth-order valence-corrected chi connectivity index (χ4v) is 15.4. The van der Waals surface area contributed by atoms with Crippen molar-refractivity contribution in [2.24, 2.45) is 0 Å². The van der Waals surface area contributed by atoms with E-state index < -0.39 is 0 Å². The van der Waals surface area contributed by atoms with Gasteiger partial charge in [0.2, 0.25) is 5.69 Å². The molecule has 7 heteroatoms. The van der Waals surface area contributed by atoms with Crippen LogP contribution in [-0.4, -0.2) is 9.13 Å². The number of nitriles is 1. The molecule has 0 bridgehead atoms. The van der Waals surface area contributed by atoms with Crippen LogP contribution in [0.5, 0.6) is 0 Å². The van der Waals surface area contributed by atoms with Crippen molar-refractivity contribution in [1.29, 1.82) is 5.26 Å². The van der Waals surface area contributed by atoms with E-state index in [9.17, 15) is 11.8 Å². The summed E-state index contributed by atoms with van der Waals surface area (Å²) in [5, 5.41) is 23.8. The molecule has 0 aliphatic rings. The molecule has 0 saturated carbocycles. The molecule has 15 aromatic rings. The summed E-state index contributed by atoms with van der Waals surface area (Å²) in [5.74, 6) is 0. The van der Waals surface area contributed by atoms with Gasteiger partial charge in [0.1, 0.15) is 6.07 Å². The molecule has 10 aromatic carbocycles. The highest BCUT2D eigenvalue weighted by Crippen LogP contribution is 2.56. The minimum absolute atomic E-state index is 0.435. The Labute approximate surface area is 412 Å². The number of hydrogen-bond acceptors (Lipinski definition) is 4. The van der Waals surface area contributed by atoms with E-state index in [1.807, 2.05) is 40.9 Å². The van der Waals surface area contributed by atoms with E-state index in [0.29, 0.717) is 16.8 Å². The Morgan fingerprint density at radius 1 is 0.429 bits per heavy atom. The van der Waals surface area contributed by atoms with E-state index in [2.05, 4.69) is 197 Å². The summed E-state index contributed by atoms with van der Waals surface area (Å²) in [6, 6.07) is 69.8. The monoisotopic (exact) mass is 942 g/mol. The largest absolute Gasteiger partial charge is 0.316 e. The number of thiophene rings is 3. The van der Waals surface area contributed by atoms with E-state index in [1.54, 1.807) is 11.3 Å². The molecule has 5 aromatic heterocycles. The predicted octanol–water partition coefficient (Wildman–Crippen LogP) is 19.0. The first-order chi connectivity index (χ1) is 34.6. The van der Waals surface area contributed by atoms with Crippen LogP contribution in [0.1, 0.15) is 11.1 Å². The second-order valence-electron chi connectivity index (χ2n) is 18.1. The summed E-state index contributed by atoms with van der Waals surface area (Å²) in [4.78, 5) is 4.67. The quantitative estimate of drug-likeness (QED) is 0.162. The minimum Gasteiger partial charge on any atom is -0.316 e. The lowest BCUT2D eigenvalue weighted by Gasteiger charge is -2.26. The number of hydrogen-bond donors (Lipinski definition) is 0. The van der Waals surface area contributed by atoms with Crippen LogP contribution in [0.25, 0.3) is 143 Å². The van der Waals surface area contributed by atoms with Crippen LogP contribution in [0.2, 0.25) is 0 Å². The molecule has 4 nitrogen and oxygen atoms in total. The maximum Gasteiger partial charge on any atom is 0.220 e. The summed E-state index contributed by atoms with van der Waals surface area (Å²) >= 11 is 5.42. The molecule has 0 N–H and O–H groups in total. The van der Waals surface area contributed by atoms with E-state index in [4.69, 9.17) is 0 Å². The smallest absolute Gasteiger partial charge is 0.220 e. The normalized spacial score (nSPS) is 12.0. The van der Waals surface area contributed by atoms with Gasteiger partial charge >= 0.3 is 0 Å². The second-order valence-corrected chi connectivity index (χ2v) is 21.2. The van der Waals surface area contributed by atoms with Gasteiger partial charge in [0, 0.05) is 79.1 Å². The highest BCUT2D eigenvalue weighted by Gasteiger charge is 2.33. The van der Waals surface area contributed by atoms with Crippen LogP contribution in [-0.2, 0) is 0 Å². The summed E-state index contributed by atoms with van der Waals surface area (Å²) in [7, 11) is 0. The summed E-state index contributed by atoms with van der Waals surface area (Å²) in [5.41, 5.74) is 10.9. The molecule has 5 heterocycles. The molecule has 0 amide bonds. The zero-order chi connectivity index (χ0) is 46.4. The summed E-state index contributed by atoms with van der Waals surface area (Å²) in [6.07, 6.45) is 0. The lowest BCUT2D eigenvalue weighted by Crippen LogP contribution is -2.09. The third-order valence-corrected chi connectivity index (χ3v) is 18.1. The molecule has 0 spiro atoms. The predicted molar refractivity (Wildman–Crippen MR) is 300 cm³/mol. The van der Waals surface area contributed by atoms with Gasteiger partial charge in [0.05, 0.1) is 59.7 Å². The molecule has 0 unspecified atom stereocenters. The number of fused-ring (bicyclic) bond motifs is 18. The minimum atomic E-state index is 0.435. The van der Waals surface area contributed by atoms with Crippen molar-refractivity contribution < 1.29 is 0 Å². The lowest BCUT2D eigenvalue weighted by atomic mass is 9.88. The Bertz CT molecular complexity index is 4730. The number of aryl methyl sites for hydroxylation is 1. The number of benzene rings is 10. The van der Waals surface area contributed by atoms with Gasteiger partial charge in [-0.3, -0.25) is 0 Å². The molecular weight excluding hydrogens is 909 g/mol. The summed E-state index contributed by atoms with van der Waals surface area (Å²) in [6.45, 7) is 11.7. The van der Waals surface area contributed by atoms with E-state index >= 15 is 0 Å². The third kappa shape index (κ3) is 5.21. The fraction of sp³-hybridized carbons (Fsp3) is 0.0159. The first-order valence-corrected chi connectivity index (χ1v) is 25.7. The van der Waals surface area contributed by atoms with Crippen molar-refractivity contribution in [1.82, 2.24) is 9.13 Å². The maximum absolute atomic E-state index is 12.1. The molecule has 0 saturated heterocycles. The van der Waals surface area contributed by atoms with Crippen molar-refractivity contribution in [3.63, 3.8) is 0 Å². The zero-order valence-electron chi connectivity index (χ0n) is 37.4. The van der Waals surface area contributed by atoms with Gasteiger partial charge < -0.3 is 9.13 Å². The van der Waals surface area contributed by atoms with Crippen molar-refractivity contribution in [3.05, 3.63) is 211 Å².